The number of hydrogen-bond donors (Lipinski definition) is 3. The zero-order chi connectivity index (χ0) is 17.7. The predicted molar refractivity (Wildman–Crippen MR) is 81.6 cm³/mol. The molecule has 0 aliphatic carbocycles. The zero-order valence-electron chi connectivity index (χ0n) is 11.5. The average molecular weight is 356 g/mol. The molecule has 0 aliphatic heterocycles. The molecule has 0 spiro atoms. The van der Waals surface area contributed by atoms with Crippen molar-refractivity contribution in [3.8, 4) is 6.07 Å². The topological polar surface area (TPSA) is 159 Å². The average Bonchev–Trinajstić information content (AvgIpc) is 2.46. The minimum absolute atomic E-state index is 0.0509. The Hall–Kier alpha value is -2.45. The molecule has 4 N–H and O–H groups in total. The van der Waals surface area contributed by atoms with E-state index >= 15 is 0 Å². The molecule has 10 heteroatoms. The van der Waals surface area contributed by atoms with E-state index < -0.39 is 20.2 Å². The van der Waals surface area contributed by atoms with Crippen LogP contribution in [0.15, 0.2) is 58.3 Å². The third-order valence-electron chi connectivity index (χ3n) is 2.48. The molecule has 0 saturated carbocycles. The molecule has 122 valence electrons. The van der Waals surface area contributed by atoms with Crippen molar-refractivity contribution in [2.75, 3.05) is 5.73 Å². The number of hydrogen-bond acceptors (Lipinski definition) is 6. The first-order valence-electron chi connectivity index (χ1n) is 5.85. The summed E-state index contributed by atoms with van der Waals surface area (Å²) in [6.07, 6.45) is 0. The number of rotatable bonds is 2. The van der Waals surface area contributed by atoms with Crippen LogP contribution in [0.2, 0.25) is 0 Å². The van der Waals surface area contributed by atoms with Crippen molar-refractivity contribution in [3.05, 3.63) is 54.1 Å². The lowest BCUT2D eigenvalue weighted by Gasteiger charge is -1.98. The molecule has 0 atom stereocenters. The molecule has 0 unspecified atom stereocenters. The molecular formula is C13H12N2O6S2. The highest BCUT2D eigenvalue weighted by Crippen LogP contribution is 2.15. The van der Waals surface area contributed by atoms with Gasteiger partial charge in [-0.25, -0.2) is 0 Å². The van der Waals surface area contributed by atoms with E-state index in [0.717, 1.165) is 0 Å². The molecule has 8 nitrogen and oxygen atoms in total. The van der Waals surface area contributed by atoms with Crippen LogP contribution in [-0.2, 0) is 20.2 Å². The van der Waals surface area contributed by atoms with Crippen LogP contribution in [0.5, 0.6) is 0 Å². The molecule has 23 heavy (non-hydrogen) atoms. The summed E-state index contributed by atoms with van der Waals surface area (Å²) in [7, 11) is -8.30. The highest BCUT2D eigenvalue weighted by molar-refractivity contribution is 7.86. The summed E-state index contributed by atoms with van der Waals surface area (Å²) in [5.41, 5.74) is 5.67. The minimum atomic E-state index is -4.16. The van der Waals surface area contributed by atoms with Crippen molar-refractivity contribution >= 4 is 25.9 Å². The number of anilines is 1. The second-order valence-electron chi connectivity index (χ2n) is 4.12. The third kappa shape index (κ3) is 5.68. The minimum Gasteiger partial charge on any atom is -0.398 e. The Labute approximate surface area is 133 Å². The maximum absolute atomic E-state index is 10.5. The lowest BCUT2D eigenvalue weighted by Crippen LogP contribution is -2.01. The van der Waals surface area contributed by atoms with Gasteiger partial charge in [-0.15, -0.1) is 0 Å². The summed E-state index contributed by atoms with van der Waals surface area (Å²) in [6.45, 7) is 0. The van der Waals surface area contributed by atoms with Crippen LogP contribution in [-0.4, -0.2) is 25.9 Å². The van der Waals surface area contributed by atoms with E-state index in [1.165, 1.54) is 42.5 Å². The van der Waals surface area contributed by atoms with Crippen molar-refractivity contribution in [1.82, 2.24) is 0 Å². The van der Waals surface area contributed by atoms with Gasteiger partial charge in [-0.3, -0.25) is 9.11 Å². The first-order chi connectivity index (χ1) is 10.6. The Morgan fingerprint density at radius 2 is 1.39 bits per heavy atom. The lowest BCUT2D eigenvalue weighted by molar-refractivity contribution is 0.481. The fourth-order valence-electron chi connectivity index (χ4n) is 1.42. The zero-order valence-corrected chi connectivity index (χ0v) is 13.1. The van der Waals surface area contributed by atoms with Gasteiger partial charge in [0.2, 0.25) is 0 Å². The predicted octanol–water partition coefficient (Wildman–Crippen LogP) is 1.32. The van der Waals surface area contributed by atoms with E-state index in [1.54, 1.807) is 6.07 Å². The van der Waals surface area contributed by atoms with Gasteiger partial charge in [-0.2, -0.15) is 22.1 Å². The van der Waals surface area contributed by atoms with Crippen LogP contribution in [0.25, 0.3) is 0 Å². The molecule has 2 aromatic carbocycles. The number of benzene rings is 2. The van der Waals surface area contributed by atoms with E-state index in [1.807, 2.05) is 6.07 Å². The van der Waals surface area contributed by atoms with Crippen molar-refractivity contribution in [1.29, 1.82) is 5.26 Å². The third-order valence-corrected chi connectivity index (χ3v) is 4.27. The largest absolute Gasteiger partial charge is 0.398 e. The number of nitriles is 1. The summed E-state index contributed by atoms with van der Waals surface area (Å²) in [5, 5.41) is 8.37. The van der Waals surface area contributed by atoms with Gasteiger partial charge in [-0.1, -0.05) is 12.1 Å². The molecule has 0 radical (unpaired) electrons. The number of para-hydroxylation sites is 1. The van der Waals surface area contributed by atoms with Gasteiger partial charge in [0, 0.05) is 0 Å². The van der Waals surface area contributed by atoms with Crippen molar-refractivity contribution < 1.29 is 25.9 Å². The van der Waals surface area contributed by atoms with Gasteiger partial charge in [0.15, 0.2) is 0 Å². The number of nitrogens with two attached hydrogens (primary N) is 1. The van der Waals surface area contributed by atoms with E-state index in [9.17, 15) is 16.8 Å². The van der Waals surface area contributed by atoms with E-state index in [4.69, 9.17) is 20.1 Å². The van der Waals surface area contributed by atoms with Crippen molar-refractivity contribution in [2.45, 2.75) is 9.79 Å². The Morgan fingerprint density at radius 3 is 1.74 bits per heavy atom. The molecular weight excluding hydrogens is 344 g/mol. The first-order valence-corrected chi connectivity index (χ1v) is 8.73. The van der Waals surface area contributed by atoms with Gasteiger partial charge in [-0.05, 0) is 36.4 Å². The van der Waals surface area contributed by atoms with Gasteiger partial charge in [0.05, 0.1) is 22.2 Å². The molecule has 0 heterocycles. The summed E-state index contributed by atoms with van der Waals surface area (Å²) in [4.78, 5) is -0.457. The summed E-state index contributed by atoms with van der Waals surface area (Å²) >= 11 is 0. The highest BCUT2D eigenvalue weighted by Gasteiger charge is 2.11. The lowest BCUT2D eigenvalue weighted by atomic mass is 10.2. The summed E-state index contributed by atoms with van der Waals surface area (Å²) < 4.78 is 59.2. The summed E-state index contributed by atoms with van der Waals surface area (Å²) in [6, 6.07) is 12.5. The van der Waals surface area contributed by atoms with Crippen LogP contribution in [0.4, 0.5) is 5.69 Å². The first kappa shape index (κ1) is 18.6. The van der Waals surface area contributed by atoms with E-state index in [-0.39, 0.29) is 15.5 Å². The SMILES string of the molecule is N#Cc1ccc(S(=O)(=O)O)cc1.Nc1ccccc1S(=O)(=O)O. The number of nitrogen functional groups attached to an aromatic ring is 1. The monoisotopic (exact) mass is 356 g/mol. The number of nitrogens with zero attached hydrogens (tertiary/aromatic N) is 1. The molecule has 0 saturated heterocycles. The maximum atomic E-state index is 10.5. The molecule has 2 rings (SSSR count). The van der Waals surface area contributed by atoms with Crippen LogP contribution < -0.4 is 5.73 Å². The van der Waals surface area contributed by atoms with Crippen LogP contribution in [0.1, 0.15) is 5.56 Å². The Balaban J connectivity index is 0.000000231. The van der Waals surface area contributed by atoms with Crippen molar-refractivity contribution in [3.63, 3.8) is 0 Å². The smallest absolute Gasteiger partial charge is 0.296 e. The van der Waals surface area contributed by atoms with E-state index in [2.05, 4.69) is 0 Å². The van der Waals surface area contributed by atoms with Crippen LogP contribution >= 0.6 is 0 Å². The molecule has 2 aromatic rings. The van der Waals surface area contributed by atoms with E-state index in [0.29, 0.717) is 5.56 Å². The Bertz CT molecular complexity index is 929. The molecule has 0 fully saturated rings. The summed E-state index contributed by atoms with van der Waals surface area (Å²) in [5.74, 6) is 0. The Morgan fingerprint density at radius 1 is 0.870 bits per heavy atom. The maximum Gasteiger partial charge on any atom is 0.296 e. The van der Waals surface area contributed by atoms with Gasteiger partial charge in [0.25, 0.3) is 20.2 Å². The van der Waals surface area contributed by atoms with Crippen LogP contribution in [0, 0.1) is 11.3 Å². The molecule has 0 aliphatic rings. The standard InChI is InChI=1S/C7H5NO3S.C6H7NO3S/c8-5-6-1-3-7(4-2-6)12(9,10)11;7-5-3-1-2-4-6(5)11(8,9)10/h1-4H,(H,9,10,11);1-4H,7H2,(H,8,9,10). The van der Waals surface area contributed by atoms with Crippen LogP contribution in [0.3, 0.4) is 0 Å². The van der Waals surface area contributed by atoms with Gasteiger partial charge in [0.1, 0.15) is 4.90 Å². The van der Waals surface area contributed by atoms with Gasteiger partial charge >= 0.3 is 0 Å². The second kappa shape index (κ2) is 7.21. The highest BCUT2D eigenvalue weighted by atomic mass is 32.2. The van der Waals surface area contributed by atoms with Gasteiger partial charge < -0.3 is 5.73 Å². The molecule has 0 amide bonds. The second-order valence-corrected chi connectivity index (χ2v) is 6.94. The normalized spacial score (nSPS) is 11.0. The fraction of sp³-hybridized carbons (Fsp3) is 0. The fourth-order valence-corrected chi connectivity index (χ4v) is 2.51. The molecule has 0 bridgehead atoms. The Kier molecular flexibility index (Phi) is 5.83. The van der Waals surface area contributed by atoms with Crippen molar-refractivity contribution in [2.24, 2.45) is 0 Å². The molecule has 0 aromatic heterocycles. The quantitative estimate of drug-likeness (QED) is 0.536.